The lowest BCUT2D eigenvalue weighted by Gasteiger charge is -2.22. The van der Waals surface area contributed by atoms with Gasteiger partial charge in [-0.1, -0.05) is 47.6 Å². The van der Waals surface area contributed by atoms with Gasteiger partial charge in [-0.15, -0.1) is 0 Å². The molecule has 1 aromatic rings. The monoisotopic (exact) mass is 314 g/mol. The highest BCUT2D eigenvalue weighted by Crippen LogP contribution is 2.40. The van der Waals surface area contributed by atoms with Crippen molar-refractivity contribution in [1.29, 1.82) is 0 Å². The minimum absolute atomic E-state index is 0.299. The number of methoxy groups -OCH3 is 2. The largest absolute Gasteiger partial charge is 0.468 e. The Morgan fingerprint density at radius 3 is 2.30 bits per heavy atom. The fourth-order valence-corrected chi connectivity index (χ4v) is 2.92. The average molecular weight is 314 g/mol. The Labute approximate surface area is 136 Å². The molecule has 1 aliphatic carbocycles. The molecule has 0 aromatic heterocycles. The Hall–Kier alpha value is -2.36. The van der Waals surface area contributed by atoms with Crippen LogP contribution in [0.1, 0.15) is 29.5 Å². The van der Waals surface area contributed by atoms with E-state index < -0.39 is 17.4 Å². The lowest BCUT2D eigenvalue weighted by molar-refractivity contribution is -0.168. The molecule has 0 heterocycles. The minimum atomic E-state index is -1.24. The van der Waals surface area contributed by atoms with Crippen molar-refractivity contribution in [3.8, 4) is 0 Å². The molecule has 0 aliphatic heterocycles. The molecule has 0 bridgehead atoms. The van der Waals surface area contributed by atoms with E-state index in [1.165, 1.54) is 25.3 Å². The van der Waals surface area contributed by atoms with Gasteiger partial charge in [-0.3, -0.25) is 9.59 Å². The molecule has 0 atom stereocenters. The van der Waals surface area contributed by atoms with Crippen molar-refractivity contribution in [2.24, 2.45) is 5.41 Å². The van der Waals surface area contributed by atoms with Crippen molar-refractivity contribution in [2.75, 3.05) is 14.2 Å². The summed E-state index contributed by atoms with van der Waals surface area (Å²) >= 11 is 0. The van der Waals surface area contributed by atoms with Gasteiger partial charge in [0.15, 0.2) is 5.41 Å². The van der Waals surface area contributed by atoms with Crippen LogP contribution in [0.4, 0.5) is 0 Å². The Kier molecular flexibility index (Phi) is 5.04. The summed E-state index contributed by atoms with van der Waals surface area (Å²) in [4.78, 5) is 24.1. The van der Waals surface area contributed by atoms with Gasteiger partial charge in [0, 0.05) is 0 Å². The summed E-state index contributed by atoms with van der Waals surface area (Å²) in [6.45, 7) is 4.12. The van der Waals surface area contributed by atoms with E-state index in [0.717, 1.165) is 11.1 Å². The van der Waals surface area contributed by atoms with Gasteiger partial charge in [0.1, 0.15) is 0 Å². The van der Waals surface area contributed by atoms with Gasteiger partial charge in [0.2, 0.25) is 0 Å². The summed E-state index contributed by atoms with van der Waals surface area (Å²) < 4.78 is 9.61. The van der Waals surface area contributed by atoms with E-state index in [0.29, 0.717) is 12.8 Å². The molecule has 0 fully saturated rings. The first-order valence-electron chi connectivity index (χ1n) is 7.54. The van der Waals surface area contributed by atoms with Crippen LogP contribution in [-0.2, 0) is 19.1 Å². The SMILES string of the molecule is COC(=O)C1(C(=O)OC)CC=C(/C=C/c2ccc(C)cc2C)C1. The van der Waals surface area contributed by atoms with Gasteiger partial charge < -0.3 is 9.47 Å². The fourth-order valence-electron chi connectivity index (χ4n) is 2.92. The maximum Gasteiger partial charge on any atom is 0.323 e. The molecule has 0 unspecified atom stereocenters. The zero-order valence-corrected chi connectivity index (χ0v) is 14.0. The van der Waals surface area contributed by atoms with Crippen molar-refractivity contribution in [2.45, 2.75) is 26.7 Å². The van der Waals surface area contributed by atoms with Gasteiger partial charge in [0.25, 0.3) is 0 Å². The van der Waals surface area contributed by atoms with Crippen LogP contribution in [0.25, 0.3) is 6.08 Å². The standard InChI is InChI=1S/C19H22O4/c1-13-5-7-16(14(2)11-13)8-6-15-9-10-19(12-15,17(20)22-3)18(21)23-4/h5-9,11H,10,12H2,1-4H3/b8-6+. The molecule has 0 N–H and O–H groups in total. The molecule has 122 valence electrons. The summed E-state index contributed by atoms with van der Waals surface area (Å²) in [7, 11) is 2.58. The molecule has 0 saturated heterocycles. The molecule has 4 heteroatoms. The first-order valence-corrected chi connectivity index (χ1v) is 7.54. The second kappa shape index (κ2) is 6.82. The normalized spacial score (nSPS) is 16.3. The van der Waals surface area contributed by atoms with Crippen LogP contribution >= 0.6 is 0 Å². The predicted octanol–water partition coefficient (Wildman–Crippen LogP) is 3.37. The van der Waals surface area contributed by atoms with Crippen molar-refractivity contribution in [3.05, 3.63) is 52.6 Å². The highest BCUT2D eigenvalue weighted by Gasteiger charge is 2.50. The van der Waals surface area contributed by atoms with Gasteiger partial charge >= 0.3 is 11.9 Å². The number of hydrogen-bond donors (Lipinski definition) is 0. The number of allylic oxidation sites excluding steroid dienone is 3. The third-order valence-corrected chi connectivity index (χ3v) is 4.27. The minimum Gasteiger partial charge on any atom is -0.468 e. The van der Waals surface area contributed by atoms with Crippen molar-refractivity contribution in [1.82, 2.24) is 0 Å². The molecule has 0 radical (unpaired) electrons. The number of carbonyl (C=O) groups is 2. The summed E-state index contributed by atoms with van der Waals surface area (Å²) in [6, 6.07) is 6.24. The van der Waals surface area contributed by atoms with Crippen molar-refractivity contribution >= 4 is 18.0 Å². The molecule has 1 aliphatic rings. The van der Waals surface area contributed by atoms with Crippen LogP contribution < -0.4 is 0 Å². The van der Waals surface area contributed by atoms with E-state index in [1.54, 1.807) is 0 Å². The van der Waals surface area contributed by atoms with E-state index in [4.69, 9.17) is 9.47 Å². The van der Waals surface area contributed by atoms with Crippen molar-refractivity contribution < 1.29 is 19.1 Å². The summed E-state index contributed by atoms with van der Waals surface area (Å²) in [5.41, 5.74) is 3.21. The van der Waals surface area contributed by atoms with E-state index >= 15 is 0 Å². The topological polar surface area (TPSA) is 52.6 Å². The number of esters is 2. The molecule has 1 aromatic carbocycles. The van der Waals surface area contributed by atoms with Gasteiger partial charge in [-0.2, -0.15) is 0 Å². The zero-order chi connectivity index (χ0) is 17.0. The van der Waals surface area contributed by atoms with Crippen LogP contribution in [-0.4, -0.2) is 26.2 Å². The lowest BCUT2D eigenvalue weighted by Crippen LogP contribution is -2.39. The third-order valence-electron chi connectivity index (χ3n) is 4.27. The summed E-state index contributed by atoms with van der Waals surface area (Å²) in [5.74, 6) is -1.09. The first kappa shape index (κ1) is 17.0. The van der Waals surface area contributed by atoms with E-state index in [9.17, 15) is 9.59 Å². The summed E-state index contributed by atoms with van der Waals surface area (Å²) in [6.07, 6.45) is 6.46. The van der Waals surface area contributed by atoms with Crippen LogP contribution in [0.5, 0.6) is 0 Å². The lowest BCUT2D eigenvalue weighted by atomic mass is 9.84. The molecule has 4 nitrogen and oxygen atoms in total. The van der Waals surface area contributed by atoms with E-state index in [1.807, 2.05) is 18.2 Å². The van der Waals surface area contributed by atoms with Gasteiger partial charge in [-0.25, -0.2) is 0 Å². The molecule has 0 saturated carbocycles. The Bertz CT molecular complexity index is 667. The maximum atomic E-state index is 12.1. The molecule has 0 spiro atoms. The average Bonchev–Trinajstić information content (AvgIpc) is 2.98. The smallest absolute Gasteiger partial charge is 0.323 e. The van der Waals surface area contributed by atoms with Crippen LogP contribution in [0.2, 0.25) is 0 Å². The van der Waals surface area contributed by atoms with E-state index in [2.05, 4.69) is 32.0 Å². The number of benzene rings is 1. The number of carbonyl (C=O) groups excluding carboxylic acids is 2. The van der Waals surface area contributed by atoms with Crippen LogP contribution in [0, 0.1) is 19.3 Å². The van der Waals surface area contributed by atoms with Gasteiger partial charge in [0.05, 0.1) is 14.2 Å². The second-order valence-electron chi connectivity index (χ2n) is 5.92. The number of rotatable bonds is 4. The number of ether oxygens (including phenoxy) is 2. The number of hydrogen-bond acceptors (Lipinski definition) is 4. The zero-order valence-electron chi connectivity index (χ0n) is 14.0. The molecular weight excluding hydrogens is 292 g/mol. The molecule has 2 rings (SSSR count). The maximum absolute atomic E-state index is 12.1. The Morgan fingerprint density at radius 1 is 1.09 bits per heavy atom. The Balaban J connectivity index is 2.19. The summed E-state index contributed by atoms with van der Waals surface area (Å²) in [5, 5.41) is 0. The third kappa shape index (κ3) is 3.36. The van der Waals surface area contributed by atoms with Crippen LogP contribution in [0.15, 0.2) is 35.9 Å². The second-order valence-corrected chi connectivity index (χ2v) is 5.92. The van der Waals surface area contributed by atoms with Crippen molar-refractivity contribution in [3.63, 3.8) is 0 Å². The van der Waals surface area contributed by atoms with Gasteiger partial charge in [-0.05, 0) is 37.8 Å². The van der Waals surface area contributed by atoms with Crippen LogP contribution in [0.3, 0.4) is 0 Å². The first-order chi connectivity index (χ1) is 10.9. The van der Waals surface area contributed by atoms with E-state index in [-0.39, 0.29) is 0 Å². The highest BCUT2D eigenvalue weighted by atomic mass is 16.5. The molecular formula is C19H22O4. The number of aryl methyl sites for hydroxylation is 2. The highest BCUT2D eigenvalue weighted by molar-refractivity contribution is 6.01. The molecule has 0 amide bonds. The predicted molar refractivity (Wildman–Crippen MR) is 88.7 cm³/mol. The Morgan fingerprint density at radius 2 is 1.74 bits per heavy atom. The quantitative estimate of drug-likeness (QED) is 0.631. The molecule has 23 heavy (non-hydrogen) atoms. The fraction of sp³-hybridized carbons (Fsp3) is 0.368.